The zero-order valence-electron chi connectivity index (χ0n) is 12.1. The third-order valence-corrected chi connectivity index (χ3v) is 4.17. The molecule has 2 rings (SSSR count). The van der Waals surface area contributed by atoms with E-state index in [0.717, 1.165) is 44.5 Å². The standard InChI is InChI=1S/C16H26N2O/c1-3-19-16-7-5-4-6-14(16)11-18-9-8-13(2)15(10-17)12-18/h4-7,13,15H,3,8-12,17H2,1-2H3. The highest BCUT2D eigenvalue weighted by atomic mass is 16.5. The van der Waals surface area contributed by atoms with Crippen LogP contribution in [-0.2, 0) is 6.54 Å². The van der Waals surface area contributed by atoms with Crippen LogP contribution in [0, 0.1) is 11.8 Å². The van der Waals surface area contributed by atoms with E-state index in [9.17, 15) is 0 Å². The van der Waals surface area contributed by atoms with Gasteiger partial charge in [-0.15, -0.1) is 0 Å². The van der Waals surface area contributed by atoms with Crippen LogP contribution in [0.5, 0.6) is 5.75 Å². The minimum Gasteiger partial charge on any atom is -0.494 e. The second kappa shape index (κ2) is 6.92. The summed E-state index contributed by atoms with van der Waals surface area (Å²) in [4.78, 5) is 2.51. The van der Waals surface area contributed by atoms with E-state index in [4.69, 9.17) is 10.5 Å². The molecule has 2 N–H and O–H groups in total. The summed E-state index contributed by atoms with van der Waals surface area (Å²) in [7, 11) is 0. The summed E-state index contributed by atoms with van der Waals surface area (Å²) < 4.78 is 5.70. The fourth-order valence-corrected chi connectivity index (χ4v) is 2.85. The van der Waals surface area contributed by atoms with Crippen molar-refractivity contribution >= 4 is 0 Å². The number of nitrogens with zero attached hydrogens (tertiary/aromatic N) is 1. The molecule has 106 valence electrons. The van der Waals surface area contributed by atoms with Crippen LogP contribution in [-0.4, -0.2) is 31.1 Å². The molecule has 0 aromatic heterocycles. The average molecular weight is 262 g/mol. The zero-order chi connectivity index (χ0) is 13.7. The maximum absolute atomic E-state index is 5.88. The first-order chi connectivity index (χ1) is 9.24. The Morgan fingerprint density at radius 1 is 1.37 bits per heavy atom. The molecule has 19 heavy (non-hydrogen) atoms. The lowest BCUT2D eigenvalue weighted by Gasteiger charge is -2.36. The number of likely N-dealkylation sites (tertiary alicyclic amines) is 1. The van der Waals surface area contributed by atoms with Crippen LogP contribution in [0.1, 0.15) is 25.8 Å². The molecule has 3 nitrogen and oxygen atoms in total. The molecule has 1 aliphatic heterocycles. The lowest BCUT2D eigenvalue weighted by atomic mass is 9.87. The van der Waals surface area contributed by atoms with E-state index in [1.807, 2.05) is 13.0 Å². The van der Waals surface area contributed by atoms with Gasteiger partial charge in [-0.2, -0.15) is 0 Å². The van der Waals surface area contributed by atoms with E-state index in [1.165, 1.54) is 12.0 Å². The molecular weight excluding hydrogens is 236 g/mol. The SMILES string of the molecule is CCOc1ccccc1CN1CCC(C)C(CN)C1. The van der Waals surface area contributed by atoms with E-state index in [0.29, 0.717) is 5.92 Å². The monoisotopic (exact) mass is 262 g/mol. The number of piperidine rings is 1. The highest BCUT2D eigenvalue weighted by molar-refractivity contribution is 5.33. The second-order valence-corrected chi connectivity index (χ2v) is 5.54. The van der Waals surface area contributed by atoms with Crippen LogP contribution >= 0.6 is 0 Å². The Morgan fingerprint density at radius 2 is 2.16 bits per heavy atom. The summed E-state index contributed by atoms with van der Waals surface area (Å²) in [5.74, 6) is 2.41. The summed E-state index contributed by atoms with van der Waals surface area (Å²) in [5.41, 5.74) is 7.16. The Morgan fingerprint density at radius 3 is 2.89 bits per heavy atom. The highest BCUT2D eigenvalue weighted by Gasteiger charge is 2.25. The fourth-order valence-electron chi connectivity index (χ4n) is 2.85. The summed E-state index contributed by atoms with van der Waals surface area (Å²) in [6, 6.07) is 8.35. The average Bonchev–Trinajstić information content (AvgIpc) is 2.43. The first-order valence-electron chi connectivity index (χ1n) is 7.37. The van der Waals surface area contributed by atoms with Gasteiger partial charge in [0.05, 0.1) is 6.61 Å². The molecule has 3 heteroatoms. The number of benzene rings is 1. The van der Waals surface area contributed by atoms with Crippen LogP contribution in [0.4, 0.5) is 0 Å². The van der Waals surface area contributed by atoms with Crippen LogP contribution < -0.4 is 10.5 Å². The van der Waals surface area contributed by atoms with E-state index in [2.05, 4.69) is 30.0 Å². The van der Waals surface area contributed by atoms with Crippen LogP contribution in [0.3, 0.4) is 0 Å². The fraction of sp³-hybridized carbons (Fsp3) is 0.625. The van der Waals surface area contributed by atoms with Gasteiger partial charge in [-0.1, -0.05) is 25.1 Å². The molecule has 2 atom stereocenters. The molecule has 1 aromatic carbocycles. The minimum absolute atomic E-state index is 0.632. The number of rotatable bonds is 5. The number of hydrogen-bond acceptors (Lipinski definition) is 3. The summed E-state index contributed by atoms with van der Waals surface area (Å²) in [6.07, 6.45) is 1.25. The van der Waals surface area contributed by atoms with Crippen LogP contribution in [0.2, 0.25) is 0 Å². The van der Waals surface area contributed by atoms with Crippen molar-refractivity contribution in [3.05, 3.63) is 29.8 Å². The Hall–Kier alpha value is -1.06. The highest BCUT2D eigenvalue weighted by Crippen LogP contribution is 2.26. The van der Waals surface area contributed by atoms with Crippen LogP contribution in [0.15, 0.2) is 24.3 Å². The summed E-state index contributed by atoms with van der Waals surface area (Å²) >= 11 is 0. The largest absolute Gasteiger partial charge is 0.494 e. The van der Waals surface area contributed by atoms with Gasteiger partial charge in [0.15, 0.2) is 0 Å². The van der Waals surface area contributed by atoms with Gasteiger partial charge in [-0.05, 0) is 44.3 Å². The zero-order valence-corrected chi connectivity index (χ0v) is 12.1. The molecule has 0 radical (unpaired) electrons. The molecule has 0 saturated carbocycles. The summed E-state index contributed by atoms with van der Waals surface area (Å²) in [5, 5.41) is 0. The Kier molecular flexibility index (Phi) is 5.23. The molecule has 1 aliphatic rings. The van der Waals surface area contributed by atoms with Crippen molar-refractivity contribution in [1.29, 1.82) is 0 Å². The molecule has 0 aliphatic carbocycles. The van der Waals surface area contributed by atoms with Crippen molar-refractivity contribution in [2.75, 3.05) is 26.2 Å². The quantitative estimate of drug-likeness (QED) is 0.886. The third-order valence-electron chi connectivity index (χ3n) is 4.17. The van der Waals surface area contributed by atoms with E-state index in [1.54, 1.807) is 0 Å². The normalized spacial score (nSPS) is 24.4. The van der Waals surface area contributed by atoms with Gasteiger partial charge < -0.3 is 10.5 Å². The number of para-hydroxylation sites is 1. The predicted octanol–water partition coefficient (Wildman–Crippen LogP) is 2.50. The minimum atomic E-state index is 0.632. The van der Waals surface area contributed by atoms with Crippen molar-refractivity contribution in [3.63, 3.8) is 0 Å². The van der Waals surface area contributed by atoms with Crippen molar-refractivity contribution < 1.29 is 4.74 Å². The summed E-state index contributed by atoms with van der Waals surface area (Å²) in [6.45, 7) is 9.12. The van der Waals surface area contributed by atoms with Gasteiger partial charge in [0.2, 0.25) is 0 Å². The van der Waals surface area contributed by atoms with Crippen molar-refractivity contribution in [1.82, 2.24) is 4.90 Å². The molecule has 2 unspecified atom stereocenters. The van der Waals surface area contributed by atoms with Gasteiger partial charge >= 0.3 is 0 Å². The van der Waals surface area contributed by atoms with E-state index < -0.39 is 0 Å². The third kappa shape index (κ3) is 3.71. The molecule has 1 aromatic rings. The number of ether oxygens (including phenoxy) is 1. The lowest BCUT2D eigenvalue weighted by molar-refractivity contribution is 0.125. The van der Waals surface area contributed by atoms with Gasteiger partial charge in [0, 0.05) is 18.7 Å². The van der Waals surface area contributed by atoms with Crippen LogP contribution in [0.25, 0.3) is 0 Å². The topological polar surface area (TPSA) is 38.5 Å². The van der Waals surface area contributed by atoms with Crippen molar-refractivity contribution in [3.8, 4) is 5.75 Å². The Bertz CT molecular complexity index is 394. The molecule has 1 heterocycles. The molecule has 0 bridgehead atoms. The molecule has 1 saturated heterocycles. The lowest BCUT2D eigenvalue weighted by Crippen LogP contribution is -2.42. The second-order valence-electron chi connectivity index (χ2n) is 5.54. The van der Waals surface area contributed by atoms with E-state index >= 15 is 0 Å². The van der Waals surface area contributed by atoms with Gasteiger partial charge in [-0.3, -0.25) is 4.90 Å². The van der Waals surface area contributed by atoms with E-state index in [-0.39, 0.29) is 0 Å². The predicted molar refractivity (Wildman–Crippen MR) is 79.2 cm³/mol. The first-order valence-corrected chi connectivity index (χ1v) is 7.37. The molecule has 1 fully saturated rings. The van der Waals surface area contributed by atoms with Gasteiger partial charge in [0.1, 0.15) is 5.75 Å². The molecule has 0 spiro atoms. The maximum Gasteiger partial charge on any atom is 0.123 e. The Labute approximate surface area is 116 Å². The van der Waals surface area contributed by atoms with Crippen molar-refractivity contribution in [2.24, 2.45) is 17.6 Å². The van der Waals surface area contributed by atoms with Gasteiger partial charge in [0.25, 0.3) is 0 Å². The Balaban J connectivity index is 2.01. The number of hydrogen-bond donors (Lipinski definition) is 1. The molecule has 0 amide bonds. The molecular formula is C16H26N2O. The maximum atomic E-state index is 5.88. The van der Waals surface area contributed by atoms with Gasteiger partial charge in [-0.25, -0.2) is 0 Å². The van der Waals surface area contributed by atoms with Crippen molar-refractivity contribution in [2.45, 2.75) is 26.8 Å². The smallest absolute Gasteiger partial charge is 0.123 e. The number of nitrogens with two attached hydrogens (primary N) is 1. The first kappa shape index (κ1) is 14.4.